The average Bonchev–Trinajstić information content (AvgIpc) is 2.90. The van der Waals surface area contributed by atoms with Gasteiger partial charge in [-0.2, -0.15) is 4.98 Å². The van der Waals surface area contributed by atoms with E-state index in [-0.39, 0.29) is 5.88 Å². The Morgan fingerprint density at radius 3 is 2.73 bits per heavy atom. The maximum Gasteiger partial charge on any atom is 0.317 e. The monoisotopic (exact) mass is 346 g/mol. The third-order valence-electron chi connectivity index (χ3n) is 4.66. The minimum Gasteiger partial charge on any atom is -0.493 e. The van der Waals surface area contributed by atoms with E-state index in [1.54, 1.807) is 12.4 Å². The fourth-order valence-electron chi connectivity index (χ4n) is 3.55. The maximum atomic E-state index is 10.3. The van der Waals surface area contributed by atoms with Gasteiger partial charge in [0.05, 0.1) is 11.6 Å². The van der Waals surface area contributed by atoms with Crippen LogP contribution >= 0.6 is 0 Å². The molecule has 0 bridgehead atoms. The van der Waals surface area contributed by atoms with Gasteiger partial charge in [-0.3, -0.25) is 4.68 Å². The number of nitrogens with two attached hydrogens (primary N) is 1. The van der Waals surface area contributed by atoms with Crippen molar-refractivity contribution in [2.45, 2.75) is 6.04 Å². The first-order valence-electron chi connectivity index (χ1n) is 7.99. The number of nitrogens with one attached hydrogen (secondary N) is 1. The van der Waals surface area contributed by atoms with E-state index in [0.29, 0.717) is 11.2 Å². The normalized spacial score (nSPS) is 15.3. The predicted molar refractivity (Wildman–Crippen MR) is 96.1 cm³/mol. The second-order valence-corrected chi connectivity index (χ2v) is 6.12. The molecule has 8 heteroatoms. The fourth-order valence-corrected chi connectivity index (χ4v) is 3.55. The van der Waals surface area contributed by atoms with Gasteiger partial charge in [0, 0.05) is 40.8 Å². The lowest BCUT2D eigenvalue weighted by molar-refractivity contribution is 0.392. The van der Waals surface area contributed by atoms with Crippen LogP contribution in [-0.2, 0) is 0 Å². The lowest BCUT2D eigenvalue weighted by Gasteiger charge is -2.19. The summed E-state index contributed by atoms with van der Waals surface area (Å²) in [6.45, 7) is 0. The van der Waals surface area contributed by atoms with Crippen molar-refractivity contribution in [3.8, 4) is 23.0 Å². The molecule has 1 unspecified atom stereocenters. The molecule has 1 aromatic carbocycles. The molecule has 0 saturated heterocycles. The highest BCUT2D eigenvalue weighted by atomic mass is 16.3. The molecular weight excluding hydrogens is 332 g/mol. The number of benzene rings is 1. The second-order valence-electron chi connectivity index (χ2n) is 6.12. The minimum atomic E-state index is -0.483. The van der Waals surface area contributed by atoms with Crippen molar-refractivity contribution in [1.82, 2.24) is 19.6 Å². The average molecular weight is 346 g/mol. The SMILES string of the molecule is Nn1cc2c3c(ccnc31)-c1ccccc1NC2c1cnc(O)nc1O. The summed E-state index contributed by atoms with van der Waals surface area (Å²) >= 11 is 0. The third kappa shape index (κ3) is 1.92. The number of para-hydroxylation sites is 1. The van der Waals surface area contributed by atoms with Gasteiger partial charge in [0.1, 0.15) is 0 Å². The van der Waals surface area contributed by atoms with Crippen LogP contribution in [0.1, 0.15) is 17.2 Å². The zero-order valence-corrected chi connectivity index (χ0v) is 13.5. The minimum absolute atomic E-state index is 0.294. The largest absolute Gasteiger partial charge is 0.493 e. The van der Waals surface area contributed by atoms with E-state index in [1.807, 2.05) is 30.3 Å². The Bertz CT molecular complexity index is 1170. The van der Waals surface area contributed by atoms with Crippen LogP contribution in [0.15, 0.2) is 48.9 Å². The molecule has 4 heterocycles. The van der Waals surface area contributed by atoms with E-state index in [4.69, 9.17) is 5.84 Å². The first-order valence-corrected chi connectivity index (χ1v) is 7.99. The predicted octanol–water partition coefficient (Wildman–Crippen LogP) is 2.13. The standard InChI is InChI=1S/C18H14N6O2/c19-24-8-12-14-10(5-6-20-16(14)24)9-3-1-2-4-13(9)22-15(12)11-7-21-18(26)23-17(11)25/h1-8,15,22H,19H2,(H2,21,23,25,26). The molecule has 4 aromatic rings. The number of aromatic nitrogens is 4. The van der Waals surface area contributed by atoms with Crippen molar-refractivity contribution in [1.29, 1.82) is 0 Å². The number of hydrogen-bond donors (Lipinski definition) is 4. The topological polar surface area (TPSA) is 122 Å². The van der Waals surface area contributed by atoms with Gasteiger partial charge in [0.15, 0.2) is 5.65 Å². The van der Waals surface area contributed by atoms with Crippen LogP contribution in [0.2, 0.25) is 0 Å². The number of nitrogens with zero attached hydrogens (tertiary/aromatic N) is 4. The summed E-state index contributed by atoms with van der Waals surface area (Å²) in [6.07, 6.45) is 4.90. The van der Waals surface area contributed by atoms with Gasteiger partial charge in [0.2, 0.25) is 5.88 Å². The molecule has 8 nitrogen and oxygen atoms in total. The molecule has 3 aromatic heterocycles. The second kappa shape index (κ2) is 5.09. The third-order valence-corrected chi connectivity index (χ3v) is 4.66. The van der Waals surface area contributed by atoms with Crippen LogP contribution in [-0.4, -0.2) is 29.8 Å². The Labute approximate surface area is 147 Å². The van der Waals surface area contributed by atoms with E-state index in [9.17, 15) is 10.2 Å². The van der Waals surface area contributed by atoms with Crippen LogP contribution in [0.4, 0.5) is 5.69 Å². The van der Waals surface area contributed by atoms with Crippen molar-refractivity contribution in [3.63, 3.8) is 0 Å². The van der Waals surface area contributed by atoms with Crippen molar-refractivity contribution in [2.24, 2.45) is 0 Å². The summed E-state index contributed by atoms with van der Waals surface area (Å²) in [4.78, 5) is 11.9. The number of rotatable bonds is 1. The smallest absolute Gasteiger partial charge is 0.317 e. The van der Waals surface area contributed by atoms with Gasteiger partial charge in [-0.1, -0.05) is 18.2 Å². The van der Waals surface area contributed by atoms with Crippen molar-refractivity contribution in [3.05, 3.63) is 60.0 Å². The van der Waals surface area contributed by atoms with Gasteiger partial charge in [-0.05, 0) is 17.7 Å². The summed E-state index contributed by atoms with van der Waals surface area (Å²) in [5.74, 6) is 5.82. The molecule has 0 aliphatic carbocycles. The number of aromatic hydroxyl groups is 2. The molecule has 128 valence electrons. The number of hydrogen-bond acceptors (Lipinski definition) is 7. The molecule has 5 N–H and O–H groups in total. The Kier molecular flexibility index (Phi) is 2.84. The molecule has 0 radical (unpaired) electrons. The zero-order valence-electron chi connectivity index (χ0n) is 13.5. The molecule has 1 aliphatic heterocycles. The maximum absolute atomic E-state index is 10.3. The number of nitrogen functional groups attached to an aromatic ring is 1. The van der Waals surface area contributed by atoms with Gasteiger partial charge in [-0.25, -0.2) is 9.97 Å². The van der Waals surface area contributed by atoms with Crippen LogP contribution in [0.3, 0.4) is 0 Å². The molecule has 0 amide bonds. The fraction of sp³-hybridized carbons (Fsp3) is 0.0556. The summed E-state index contributed by atoms with van der Waals surface area (Å²) in [7, 11) is 0. The van der Waals surface area contributed by atoms with E-state index in [1.165, 1.54) is 10.9 Å². The van der Waals surface area contributed by atoms with Gasteiger partial charge < -0.3 is 21.4 Å². The molecule has 5 rings (SSSR count). The molecule has 26 heavy (non-hydrogen) atoms. The highest BCUT2D eigenvalue weighted by Gasteiger charge is 2.29. The van der Waals surface area contributed by atoms with Gasteiger partial charge in [-0.15, -0.1) is 0 Å². The van der Waals surface area contributed by atoms with Crippen LogP contribution in [0.5, 0.6) is 11.9 Å². The molecule has 0 spiro atoms. The van der Waals surface area contributed by atoms with Crippen molar-refractivity contribution in [2.75, 3.05) is 11.2 Å². The van der Waals surface area contributed by atoms with Crippen LogP contribution in [0, 0.1) is 0 Å². The first-order chi connectivity index (χ1) is 12.6. The summed E-state index contributed by atoms with van der Waals surface area (Å²) in [6, 6.07) is 8.89. The number of fused-ring (bicyclic) bond motifs is 2. The molecular formula is C18H14N6O2. The highest BCUT2D eigenvalue weighted by Crippen LogP contribution is 2.44. The van der Waals surface area contributed by atoms with Crippen molar-refractivity contribution >= 4 is 16.7 Å². The first kappa shape index (κ1) is 14.5. The van der Waals surface area contributed by atoms with E-state index in [2.05, 4.69) is 20.3 Å². The lowest BCUT2D eigenvalue weighted by atomic mass is 9.98. The van der Waals surface area contributed by atoms with E-state index < -0.39 is 12.1 Å². The van der Waals surface area contributed by atoms with Gasteiger partial charge in [0.25, 0.3) is 0 Å². The molecule has 1 aliphatic rings. The highest BCUT2D eigenvalue weighted by molar-refractivity contribution is 6.01. The van der Waals surface area contributed by atoms with Crippen LogP contribution in [0.25, 0.3) is 22.2 Å². The summed E-state index contributed by atoms with van der Waals surface area (Å²) in [5, 5.41) is 24.0. The molecule has 1 atom stereocenters. The van der Waals surface area contributed by atoms with E-state index >= 15 is 0 Å². The summed E-state index contributed by atoms with van der Waals surface area (Å²) < 4.78 is 1.47. The van der Waals surface area contributed by atoms with E-state index in [0.717, 1.165) is 27.8 Å². The number of anilines is 1. The lowest BCUT2D eigenvalue weighted by Crippen LogP contribution is -2.13. The number of pyridine rings is 1. The zero-order chi connectivity index (χ0) is 17.8. The quantitative estimate of drug-likeness (QED) is 0.389. The molecule has 0 fully saturated rings. The van der Waals surface area contributed by atoms with Crippen LogP contribution < -0.4 is 11.2 Å². The Morgan fingerprint density at radius 1 is 1.04 bits per heavy atom. The Balaban J connectivity index is 1.87. The van der Waals surface area contributed by atoms with Gasteiger partial charge >= 0.3 is 6.01 Å². The van der Waals surface area contributed by atoms with Crippen molar-refractivity contribution < 1.29 is 10.2 Å². The Morgan fingerprint density at radius 2 is 1.88 bits per heavy atom. The Hall–Kier alpha value is -3.81. The molecule has 0 saturated carbocycles. The summed E-state index contributed by atoms with van der Waals surface area (Å²) in [5.41, 5.74) is 4.82.